The molecule has 0 heterocycles. The van der Waals surface area contributed by atoms with E-state index in [1.807, 2.05) is 11.9 Å². The Hall–Kier alpha value is -0.570. The van der Waals surface area contributed by atoms with Crippen LogP contribution in [0.4, 0.5) is 0 Å². The van der Waals surface area contributed by atoms with Crippen molar-refractivity contribution in [3.63, 3.8) is 0 Å². The molecule has 0 aliphatic carbocycles. The summed E-state index contributed by atoms with van der Waals surface area (Å²) in [5.74, 6) is 0.264. The van der Waals surface area contributed by atoms with Crippen molar-refractivity contribution < 1.29 is 4.79 Å². The highest BCUT2D eigenvalue weighted by Gasteiger charge is 2.26. The Morgan fingerprint density at radius 3 is 2.18 bits per heavy atom. The summed E-state index contributed by atoms with van der Waals surface area (Å²) in [6.45, 7) is 9.38. The van der Waals surface area contributed by atoms with E-state index in [1.165, 1.54) is 0 Å². The summed E-state index contributed by atoms with van der Waals surface area (Å²) in [5, 5.41) is 0. The Balaban J connectivity index is 3.90. The van der Waals surface area contributed by atoms with Gasteiger partial charge in [-0.05, 0) is 31.7 Å². The molecule has 102 valence electrons. The maximum Gasteiger partial charge on any atom is 0.222 e. The lowest BCUT2D eigenvalue weighted by Crippen LogP contribution is -2.42. The van der Waals surface area contributed by atoms with Gasteiger partial charge >= 0.3 is 0 Å². The molecule has 1 amide bonds. The molecule has 0 aromatic rings. The SMILES string of the molecule is CC(N(C)C(=O)CCCCCCN)C(C)(C)C. The molecule has 1 atom stereocenters. The van der Waals surface area contributed by atoms with Crippen LogP contribution >= 0.6 is 0 Å². The Labute approximate surface area is 107 Å². The van der Waals surface area contributed by atoms with E-state index in [9.17, 15) is 4.79 Å². The maximum absolute atomic E-state index is 12.0. The Morgan fingerprint density at radius 1 is 1.18 bits per heavy atom. The molecular formula is C14H30N2O. The molecule has 3 nitrogen and oxygen atoms in total. The highest BCUT2D eigenvalue weighted by molar-refractivity contribution is 5.76. The summed E-state index contributed by atoms with van der Waals surface area (Å²) in [6, 6.07) is 0.277. The second-order valence-corrected chi connectivity index (χ2v) is 6.00. The first kappa shape index (κ1) is 16.4. The summed E-state index contributed by atoms with van der Waals surface area (Å²) in [4.78, 5) is 13.9. The van der Waals surface area contributed by atoms with Gasteiger partial charge in [0, 0.05) is 19.5 Å². The van der Waals surface area contributed by atoms with Crippen molar-refractivity contribution >= 4 is 5.91 Å². The number of hydrogen-bond donors (Lipinski definition) is 1. The smallest absolute Gasteiger partial charge is 0.222 e. The van der Waals surface area contributed by atoms with Gasteiger partial charge in [-0.25, -0.2) is 0 Å². The van der Waals surface area contributed by atoms with Crippen molar-refractivity contribution in [2.24, 2.45) is 11.1 Å². The normalized spacial score (nSPS) is 13.5. The zero-order valence-corrected chi connectivity index (χ0v) is 12.3. The molecular weight excluding hydrogens is 212 g/mol. The number of nitrogens with two attached hydrogens (primary N) is 1. The minimum Gasteiger partial charge on any atom is -0.343 e. The predicted octanol–water partition coefficient (Wildman–Crippen LogP) is 2.79. The molecule has 17 heavy (non-hydrogen) atoms. The highest BCUT2D eigenvalue weighted by Crippen LogP contribution is 2.23. The van der Waals surface area contributed by atoms with Gasteiger partial charge in [0.1, 0.15) is 0 Å². The number of rotatable bonds is 7. The lowest BCUT2D eigenvalue weighted by molar-refractivity contribution is -0.133. The molecule has 0 fully saturated rings. The van der Waals surface area contributed by atoms with Crippen LogP contribution in [0, 0.1) is 5.41 Å². The number of amides is 1. The van der Waals surface area contributed by atoms with Gasteiger partial charge in [-0.3, -0.25) is 4.79 Å². The van der Waals surface area contributed by atoms with Crippen LogP contribution in [0.25, 0.3) is 0 Å². The Bertz CT molecular complexity index is 221. The number of carbonyl (C=O) groups is 1. The first-order valence-corrected chi connectivity index (χ1v) is 6.76. The molecule has 3 heteroatoms. The fourth-order valence-corrected chi connectivity index (χ4v) is 1.75. The van der Waals surface area contributed by atoms with E-state index >= 15 is 0 Å². The second kappa shape index (κ2) is 7.70. The third-order valence-electron chi connectivity index (χ3n) is 3.57. The third-order valence-corrected chi connectivity index (χ3v) is 3.57. The standard InChI is InChI=1S/C14H30N2O/c1-12(14(2,3)4)16(5)13(17)10-8-6-7-9-11-15/h12H,6-11,15H2,1-5H3. The van der Waals surface area contributed by atoms with Crippen molar-refractivity contribution in [2.75, 3.05) is 13.6 Å². The highest BCUT2D eigenvalue weighted by atomic mass is 16.2. The van der Waals surface area contributed by atoms with Gasteiger partial charge in [0.2, 0.25) is 5.91 Å². The summed E-state index contributed by atoms with van der Waals surface area (Å²) in [7, 11) is 1.91. The molecule has 0 saturated heterocycles. The Kier molecular flexibility index (Phi) is 7.44. The van der Waals surface area contributed by atoms with E-state index in [1.54, 1.807) is 0 Å². The van der Waals surface area contributed by atoms with Crippen molar-refractivity contribution in [1.29, 1.82) is 0 Å². The Morgan fingerprint density at radius 2 is 1.71 bits per heavy atom. The van der Waals surface area contributed by atoms with Crippen molar-refractivity contribution in [3.05, 3.63) is 0 Å². The summed E-state index contributed by atoms with van der Waals surface area (Å²) < 4.78 is 0. The average molecular weight is 242 g/mol. The lowest BCUT2D eigenvalue weighted by Gasteiger charge is -2.35. The molecule has 0 radical (unpaired) electrons. The van der Waals surface area contributed by atoms with Crippen LogP contribution in [0.15, 0.2) is 0 Å². The quantitative estimate of drug-likeness (QED) is 0.698. The largest absolute Gasteiger partial charge is 0.343 e. The topological polar surface area (TPSA) is 46.3 Å². The van der Waals surface area contributed by atoms with Crippen LogP contribution in [-0.4, -0.2) is 30.4 Å². The molecule has 2 N–H and O–H groups in total. The molecule has 0 saturated carbocycles. The zero-order chi connectivity index (χ0) is 13.5. The number of carbonyl (C=O) groups excluding carboxylic acids is 1. The predicted molar refractivity (Wildman–Crippen MR) is 73.8 cm³/mol. The summed E-state index contributed by atoms with van der Waals surface area (Å²) in [5.41, 5.74) is 5.57. The first-order valence-electron chi connectivity index (χ1n) is 6.76. The van der Waals surface area contributed by atoms with E-state index in [0.29, 0.717) is 6.42 Å². The van der Waals surface area contributed by atoms with Gasteiger partial charge in [0.05, 0.1) is 0 Å². The first-order chi connectivity index (χ1) is 7.80. The second-order valence-electron chi connectivity index (χ2n) is 6.00. The van der Waals surface area contributed by atoms with Gasteiger partial charge in [-0.2, -0.15) is 0 Å². The number of unbranched alkanes of at least 4 members (excludes halogenated alkanes) is 3. The summed E-state index contributed by atoms with van der Waals surface area (Å²) >= 11 is 0. The van der Waals surface area contributed by atoms with Crippen LogP contribution in [-0.2, 0) is 4.79 Å². The van der Waals surface area contributed by atoms with Crippen LogP contribution in [0.5, 0.6) is 0 Å². The van der Waals surface area contributed by atoms with Crippen molar-refractivity contribution in [3.8, 4) is 0 Å². The van der Waals surface area contributed by atoms with Crippen LogP contribution in [0.1, 0.15) is 59.8 Å². The lowest BCUT2D eigenvalue weighted by atomic mass is 9.87. The molecule has 0 spiro atoms. The maximum atomic E-state index is 12.0. The summed E-state index contributed by atoms with van der Waals surface area (Å²) in [6.07, 6.45) is 4.98. The molecule has 0 bridgehead atoms. The van der Waals surface area contributed by atoms with Crippen LogP contribution < -0.4 is 5.73 Å². The molecule has 0 aliphatic heterocycles. The molecule has 0 aliphatic rings. The van der Waals surface area contributed by atoms with Crippen molar-refractivity contribution in [2.45, 2.75) is 65.8 Å². The van der Waals surface area contributed by atoms with E-state index in [2.05, 4.69) is 27.7 Å². The monoisotopic (exact) mass is 242 g/mol. The van der Waals surface area contributed by atoms with Gasteiger partial charge in [0.25, 0.3) is 0 Å². The fraction of sp³-hybridized carbons (Fsp3) is 0.929. The van der Waals surface area contributed by atoms with E-state index < -0.39 is 0 Å². The minimum absolute atomic E-state index is 0.143. The molecule has 0 aromatic carbocycles. The van der Waals surface area contributed by atoms with E-state index in [4.69, 9.17) is 5.73 Å². The van der Waals surface area contributed by atoms with E-state index in [-0.39, 0.29) is 17.4 Å². The van der Waals surface area contributed by atoms with Gasteiger partial charge in [-0.1, -0.05) is 33.6 Å². The van der Waals surface area contributed by atoms with Crippen LogP contribution in [0.2, 0.25) is 0 Å². The zero-order valence-electron chi connectivity index (χ0n) is 12.3. The van der Waals surface area contributed by atoms with Gasteiger partial charge < -0.3 is 10.6 Å². The third kappa shape index (κ3) is 6.67. The van der Waals surface area contributed by atoms with Gasteiger partial charge in [0.15, 0.2) is 0 Å². The van der Waals surface area contributed by atoms with Gasteiger partial charge in [-0.15, -0.1) is 0 Å². The molecule has 0 rings (SSSR count). The fourth-order valence-electron chi connectivity index (χ4n) is 1.75. The molecule has 1 unspecified atom stereocenters. The number of hydrogen-bond acceptors (Lipinski definition) is 2. The van der Waals surface area contributed by atoms with E-state index in [0.717, 1.165) is 32.2 Å². The van der Waals surface area contributed by atoms with Crippen molar-refractivity contribution in [1.82, 2.24) is 4.90 Å². The van der Waals surface area contributed by atoms with Crippen LogP contribution in [0.3, 0.4) is 0 Å². The average Bonchev–Trinajstić information content (AvgIpc) is 2.25. The molecule has 0 aromatic heterocycles. The minimum atomic E-state index is 0.143. The number of nitrogens with zero attached hydrogens (tertiary/aromatic N) is 1.